The first-order valence-corrected chi connectivity index (χ1v) is 28.1. The number of amides is 4. The molecular weight excluding hydrogens is 1050 g/mol. The Morgan fingerprint density at radius 1 is 0.373 bits per heavy atom. The van der Waals surface area contributed by atoms with E-state index < -0.39 is 65.4 Å². The van der Waals surface area contributed by atoms with E-state index in [1.54, 1.807) is 0 Å². The van der Waals surface area contributed by atoms with E-state index in [0.717, 1.165) is 44.9 Å². The Hall–Kier alpha value is -4.58. The van der Waals surface area contributed by atoms with Crippen molar-refractivity contribution in [2.24, 2.45) is 5.92 Å². The van der Waals surface area contributed by atoms with Crippen molar-refractivity contribution in [3.63, 3.8) is 0 Å². The molecule has 0 aliphatic heterocycles. The van der Waals surface area contributed by atoms with Crippen molar-refractivity contribution in [2.75, 3.05) is 71.3 Å². The first-order chi connectivity index (χ1) is 36.0. The molecule has 0 fully saturated rings. The monoisotopic (exact) mass is 1140 g/mol. The smallest absolute Gasteiger partial charge is 0.326 e. The maximum Gasteiger partial charge on any atom is 0.326 e. The van der Waals surface area contributed by atoms with Crippen LogP contribution in [0.2, 0.25) is 0 Å². The summed E-state index contributed by atoms with van der Waals surface area (Å²) in [6.07, 6.45) is 18.5. The summed E-state index contributed by atoms with van der Waals surface area (Å²) in [6.45, 7) is 1.01. The van der Waals surface area contributed by atoms with Crippen molar-refractivity contribution >= 4 is 75.0 Å². The average Bonchev–Trinajstić information content (AvgIpc) is 3.36. The molecule has 0 radical (unpaired) electrons. The number of carboxylic acid groups (broad SMARTS) is 4. The van der Waals surface area contributed by atoms with Crippen molar-refractivity contribution in [3.05, 3.63) is 0 Å². The van der Waals surface area contributed by atoms with E-state index in [1.165, 1.54) is 51.4 Å². The van der Waals surface area contributed by atoms with Gasteiger partial charge < -0.3 is 60.6 Å². The fraction of sp³-hybridized carbons (Fsp3) is 0.808. The van der Waals surface area contributed by atoms with E-state index in [9.17, 15) is 63.3 Å². The van der Waals surface area contributed by atoms with Crippen LogP contribution in [-0.4, -0.2) is 163 Å². The van der Waals surface area contributed by atoms with Crippen LogP contribution in [-0.2, 0) is 66.9 Å². The van der Waals surface area contributed by atoms with Gasteiger partial charge in [-0.3, -0.25) is 38.4 Å². The Morgan fingerprint density at radius 2 is 0.867 bits per heavy atom. The van der Waals surface area contributed by atoms with Crippen LogP contribution in [0.5, 0.6) is 0 Å². The lowest BCUT2D eigenvalue weighted by Crippen LogP contribution is -2.42. The molecule has 0 heterocycles. The Balaban J connectivity index is 3.96. The zero-order chi connectivity index (χ0) is 55.7. The van der Waals surface area contributed by atoms with Crippen molar-refractivity contribution in [3.8, 4) is 0 Å². The second-order valence-corrected chi connectivity index (χ2v) is 19.2. The minimum Gasteiger partial charge on any atom is -0.481 e. The number of hydrogen-bond acceptors (Lipinski definition) is 14. The molecular formula is C52H89BrN4O18. The van der Waals surface area contributed by atoms with Crippen LogP contribution in [0.25, 0.3) is 0 Å². The van der Waals surface area contributed by atoms with Crippen LogP contribution in [0.4, 0.5) is 0 Å². The zero-order valence-corrected chi connectivity index (χ0v) is 45.8. The summed E-state index contributed by atoms with van der Waals surface area (Å²) in [4.78, 5) is 118. The van der Waals surface area contributed by atoms with Gasteiger partial charge in [-0.15, -0.1) is 0 Å². The van der Waals surface area contributed by atoms with E-state index in [-0.39, 0.29) is 134 Å². The first kappa shape index (κ1) is 70.4. The van der Waals surface area contributed by atoms with Crippen LogP contribution >= 0.6 is 15.9 Å². The van der Waals surface area contributed by atoms with Gasteiger partial charge in [-0.1, -0.05) is 106 Å². The maximum atomic E-state index is 12.7. The number of aliphatic carboxylic acids is 4. The Labute approximate surface area is 451 Å². The van der Waals surface area contributed by atoms with E-state index in [4.69, 9.17) is 24.1 Å². The summed E-state index contributed by atoms with van der Waals surface area (Å²) in [5, 5.41) is 47.7. The lowest BCUT2D eigenvalue weighted by Gasteiger charge is -2.15. The normalized spacial score (nSPS) is 12.3. The summed E-state index contributed by atoms with van der Waals surface area (Å²) in [5.74, 6) is -7.80. The number of ketones is 2. The van der Waals surface area contributed by atoms with Crippen LogP contribution in [0.3, 0.4) is 0 Å². The van der Waals surface area contributed by atoms with Gasteiger partial charge >= 0.3 is 23.9 Å². The molecule has 0 aromatic carbocycles. The molecule has 22 nitrogen and oxygen atoms in total. The second kappa shape index (κ2) is 49.0. The summed E-state index contributed by atoms with van der Waals surface area (Å²) < 4.78 is 21.4. The van der Waals surface area contributed by atoms with Gasteiger partial charge in [0.2, 0.25) is 23.6 Å². The highest BCUT2D eigenvalue weighted by molar-refractivity contribution is 9.09. The summed E-state index contributed by atoms with van der Waals surface area (Å²) in [6, 6.07) is -2.36. The van der Waals surface area contributed by atoms with Gasteiger partial charge in [-0.05, 0) is 51.4 Å². The fourth-order valence-electron chi connectivity index (χ4n) is 7.69. The first-order valence-electron chi connectivity index (χ1n) is 27.0. The number of ether oxygens (including phenoxy) is 4. The Kier molecular flexibility index (Phi) is 46.0. The number of alkyl halides is 1. The zero-order valence-electron chi connectivity index (χ0n) is 44.2. The molecule has 23 heteroatoms. The summed E-state index contributed by atoms with van der Waals surface area (Å²) >= 11 is 3.04. The highest BCUT2D eigenvalue weighted by Crippen LogP contribution is 2.17. The average molecular weight is 1140 g/mol. The highest BCUT2D eigenvalue weighted by Gasteiger charge is 2.25. The fourth-order valence-corrected chi connectivity index (χ4v) is 7.89. The predicted molar refractivity (Wildman–Crippen MR) is 280 cm³/mol. The second-order valence-electron chi connectivity index (χ2n) is 18.6. The lowest BCUT2D eigenvalue weighted by atomic mass is 9.94. The largest absolute Gasteiger partial charge is 0.481 e. The van der Waals surface area contributed by atoms with E-state index in [2.05, 4.69) is 37.2 Å². The van der Waals surface area contributed by atoms with Crippen molar-refractivity contribution in [1.29, 1.82) is 0 Å². The maximum absolute atomic E-state index is 12.7. The molecule has 0 unspecified atom stereocenters. The van der Waals surface area contributed by atoms with E-state index in [1.807, 2.05) is 0 Å². The topological polar surface area (TPSA) is 337 Å². The van der Waals surface area contributed by atoms with Gasteiger partial charge in [0.15, 0.2) is 5.78 Å². The molecule has 0 aliphatic carbocycles. The molecule has 0 rings (SSSR count). The van der Waals surface area contributed by atoms with Gasteiger partial charge in [-0.25, -0.2) is 9.59 Å². The van der Waals surface area contributed by atoms with Crippen molar-refractivity contribution in [1.82, 2.24) is 21.3 Å². The van der Waals surface area contributed by atoms with E-state index in [0.29, 0.717) is 32.2 Å². The van der Waals surface area contributed by atoms with Gasteiger partial charge in [0.25, 0.3) is 0 Å². The number of halogens is 1. The molecule has 0 saturated heterocycles. The SMILES string of the molecule is O=C(O)CCCCCCCCCCCCCCCCCCC(=O)N[C@@H](CCC(=O)C[C@@H](CCC(=O)NCCOCCOCC(=O)CCCOCCOCC(=O)N[C@@H](CCCCNC(=O)CBr)C(=O)O)C(=O)O)C(=O)O. The van der Waals surface area contributed by atoms with Crippen LogP contribution in [0.1, 0.15) is 180 Å². The van der Waals surface area contributed by atoms with Gasteiger partial charge in [0.1, 0.15) is 31.1 Å². The number of hydrogen-bond donors (Lipinski definition) is 8. The lowest BCUT2D eigenvalue weighted by molar-refractivity contribution is -0.145. The van der Waals surface area contributed by atoms with Crippen LogP contribution in [0.15, 0.2) is 0 Å². The predicted octanol–water partition coefficient (Wildman–Crippen LogP) is 5.67. The molecule has 0 bridgehead atoms. The summed E-state index contributed by atoms with van der Waals surface area (Å²) in [5.41, 5.74) is 0. The standard InChI is InChI=1S/C52H89BrN4O18/c53-37-47(62)54-28-18-17-21-43(51(68)69)57-48(63)39-75-35-32-72-30-19-20-42(59)38-74-34-33-73-31-29-55-45(60)27-24-40(50(66)67)36-41(58)25-26-44(52(70)71)56-46(61)22-15-13-11-9-7-5-3-1-2-4-6-8-10-12-14-16-23-49(64)65/h40,43-44H,1-39H2,(H,54,62)(H,55,60)(H,56,61)(H,57,63)(H,64,65)(H,66,67)(H,68,69)(H,70,71)/t40-,43+,44+/m1/s1. The number of nitrogens with one attached hydrogen (secondary N) is 4. The Morgan fingerprint density at radius 3 is 1.41 bits per heavy atom. The Bertz CT molecular complexity index is 1640. The van der Waals surface area contributed by atoms with E-state index >= 15 is 0 Å². The number of Topliss-reactive ketones (excluding diaryl/α,β-unsaturated/α-hetero) is 2. The summed E-state index contributed by atoms with van der Waals surface area (Å²) in [7, 11) is 0. The molecule has 0 spiro atoms. The molecule has 0 aliphatic rings. The van der Waals surface area contributed by atoms with Crippen LogP contribution in [0, 0.1) is 5.92 Å². The van der Waals surface area contributed by atoms with Gasteiger partial charge in [0, 0.05) is 58.2 Å². The van der Waals surface area contributed by atoms with Crippen LogP contribution < -0.4 is 21.3 Å². The quantitative estimate of drug-likeness (QED) is 0.0269. The van der Waals surface area contributed by atoms with Crippen molar-refractivity contribution in [2.45, 2.75) is 192 Å². The molecule has 0 aromatic rings. The third-order valence-corrected chi connectivity index (χ3v) is 12.5. The van der Waals surface area contributed by atoms with Gasteiger partial charge in [-0.2, -0.15) is 0 Å². The third-order valence-electron chi connectivity index (χ3n) is 12.0. The molecule has 0 saturated carbocycles. The molecule has 0 aromatic heterocycles. The highest BCUT2D eigenvalue weighted by atomic mass is 79.9. The number of carboxylic acids is 4. The number of rotatable bonds is 55. The number of carbonyl (C=O) groups excluding carboxylic acids is 6. The molecule has 432 valence electrons. The van der Waals surface area contributed by atoms with Crippen molar-refractivity contribution < 1.29 is 87.3 Å². The minimum absolute atomic E-state index is 0.0886. The molecule has 8 N–H and O–H groups in total. The number of unbranched alkanes of at least 4 members (excludes halogenated alkanes) is 16. The molecule has 4 amide bonds. The molecule has 75 heavy (non-hydrogen) atoms. The molecule has 3 atom stereocenters. The van der Waals surface area contributed by atoms with Gasteiger partial charge in [0.05, 0.1) is 44.3 Å². The minimum atomic E-state index is -1.28. The number of carbonyl (C=O) groups is 10. The third kappa shape index (κ3) is 46.5.